The van der Waals surface area contributed by atoms with E-state index in [2.05, 4.69) is 25.4 Å². The molecule has 1 aliphatic carbocycles. The topological polar surface area (TPSA) is 143 Å². The van der Waals surface area contributed by atoms with Crippen LogP contribution in [0.2, 0.25) is 0 Å². The van der Waals surface area contributed by atoms with Crippen LogP contribution >= 0.6 is 0 Å². The number of carbonyl (C=O) groups is 1. The summed E-state index contributed by atoms with van der Waals surface area (Å²) in [5, 5.41) is 7.96. The molecule has 4 N–H and O–H groups in total. The van der Waals surface area contributed by atoms with Gasteiger partial charge in [-0.2, -0.15) is 0 Å². The van der Waals surface area contributed by atoms with Gasteiger partial charge in [0.2, 0.25) is 10.0 Å². The second-order valence-electron chi connectivity index (χ2n) is 9.24. The largest absolute Gasteiger partial charge is 0.573 e. The van der Waals surface area contributed by atoms with Gasteiger partial charge in [0.05, 0.1) is 5.75 Å². The number of ether oxygens (including phenoxy) is 1. The van der Waals surface area contributed by atoms with E-state index in [-0.39, 0.29) is 34.9 Å². The van der Waals surface area contributed by atoms with E-state index in [0.29, 0.717) is 37.3 Å². The number of halogens is 4. The van der Waals surface area contributed by atoms with Gasteiger partial charge in [0.25, 0.3) is 10.9 Å². The molecule has 0 saturated heterocycles. The zero-order valence-corrected chi connectivity index (χ0v) is 21.5. The van der Waals surface area contributed by atoms with Crippen molar-refractivity contribution in [3.05, 3.63) is 80.4 Å². The molecule has 0 bridgehead atoms. The van der Waals surface area contributed by atoms with Crippen molar-refractivity contribution < 1.29 is 35.5 Å². The quantitative estimate of drug-likeness (QED) is 0.221. The highest BCUT2D eigenvalue weighted by atomic mass is 32.2. The molecule has 3 aromatic rings. The number of anilines is 3. The molecule has 1 saturated carbocycles. The average Bonchev–Trinajstić information content (AvgIpc) is 2.88. The van der Waals surface area contributed by atoms with Crippen LogP contribution in [0.1, 0.15) is 31.2 Å². The molecule has 40 heavy (non-hydrogen) atoms. The van der Waals surface area contributed by atoms with Gasteiger partial charge in [-0.1, -0.05) is 30.3 Å². The molecule has 0 radical (unpaired) electrons. The van der Waals surface area contributed by atoms with E-state index in [0.717, 1.165) is 12.1 Å². The fraction of sp³-hybridized carbons (Fsp3) is 0.320. The minimum Gasteiger partial charge on any atom is -0.403 e. The summed E-state index contributed by atoms with van der Waals surface area (Å²) in [6.45, 7) is 0. The fourth-order valence-electron chi connectivity index (χ4n) is 4.34. The Bertz CT molecular complexity index is 1550. The van der Waals surface area contributed by atoms with Crippen molar-refractivity contribution in [2.24, 2.45) is 0 Å². The van der Waals surface area contributed by atoms with Gasteiger partial charge in [-0.05, 0) is 43.4 Å². The SMILES string of the molecule is O=C(Nc1ccc(OC(F)(F)F)c(F)c1)NC1CCC(Nc2c(NS(=O)(=O)Cc3ccccc3)c(=O)c2=O)CC1. The van der Waals surface area contributed by atoms with Crippen LogP contribution in [-0.4, -0.2) is 32.9 Å². The van der Waals surface area contributed by atoms with Crippen LogP contribution in [0.3, 0.4) is 0 Å². The molecule has 0 aliphatic heterocycles. The van der Waals surface area contributed by atoms with E-state index in [1.807, 2.05) is 0 Å². The van der Waals surface area contributed by atoms with Gasteiger partial charge in [-0.3, -0.25) is 14.3 Å². The molecule has 0 spiro atoms. The van der Waals surface area contributed by atoms with Crippen molar-refractivity contribution in [3.8, 4) is 5.75 Å². The summed E-state index contributed by atoms with van der Waals surface area (Å²) in [7, 11) is -3.94. The maximum absolute atomic E-state index is 13.8. The number of hydrogen-bond acceptors (Lipinski definition) is 7. The van der Waals surface area contributed by atoms with Gasteiger partial charge >= 0.3 is 12.4 Å². The van der Waals surface area contributed by atoms with E-state index in [1.165, 1.54) is 0 Å². The van der Waals surface area contributed by atoms with E-state index in [9.17, 15) is 40.4 Å². The summed E-state index contributed by atoms with van der Waals surface area (Å²) in [6.07, 6.45) is -3.20. The van der Waals surface area contributed by atoms with Gasteiger partial charge in [-0.25, -0.2) is 17.6 Å². The molecular weight excluding hydrogens is 560 g/mol. The van der Waals surface area contributed by atoms with Gasteiger partial charge in [0.1, 0.15) is 11.4 Å². The monoisotopic (exact) mass is 584 g/mol. The highest BCUT2D eigenvalue weighted by Gasteiger charge is 2.33. The molecule has 10 nitrogen and oxygen atoms in total. The molecule has 0 heterocycles. The minimum atomic E-state index is -5.06. The van der Waals surface area contributed by atoms with Crippen LogP contribution in [0, 0.1) is 5.82 Å². The zero-order valence-electron chi connectivity index (χ0n) is 20.7. The maximum atomic E-state index is 13.8. The van der Waals surface area contributed by atoms with Crippen molar-refractivity contribution >= 4 is 33.1 Å². The van der Waals surface area contributed by atoms with Crippen molar-refractivity contribution in [2.45, 2.75) is 49.9 Å². The van der Waals surface area contributed by atoms with Crippen molar-refractivity contribution in [2.75, 3.05) is 15.4 Å². The van der Waals surface area contributed by atoms with E-state index in [4.69, 9.17) is 0 Å². The smallest absolute Gasteiger partial charge is 0.403 e. The van der Waals surface area contributed by atoms with Gasteiger partial charge < -0.3 is 20.7 Å². The molecule has 0 atom stereocenters. The first-order valence-electron chi connectivity index (χ1n) is 12.1. The molecular formula is C25H24F4N4O6S. The second-order valence-corrected chi connectivity index (χ2v) is 11.0. The molecule has 1 aliphatic rings. The van der Waals surface area contributed by atoms with Gasteiger partial charge in [-0.15, -0.1) is 13.2 Å². The van der Waals surface area contributed by atoms with E-state index < -0.39 is 44.8 Å². The summed E-state index contributed by atoms with van der Waals surface area (Å²) in [5.74, 6) is -2.71. The lowest BCUT2D eigenvalue weighted by molar-refractivity contribution is -0.275. The van der Waals surface area contributed by atoms with Crippen LogP contribution in [0.25, 0.3) is 0 Å². The number of carbonyl (C=O) groups excluding carboxylic acids is 1. The lowest BCUT2D eigenvalue weighted by Crippen LogP contribution is -2.44. The predicted molar refractivity (Wildman–Crippen MR) is 139 cm³/mol. The molecule has 214 valence electrons. The van der Waals surface area contributed by atoms with Gasteiger partial charge in [0.15, 0.2) is 11.6 Å². The lowest BCUT2D eigenvalue weighted by atomic mass is 9.91. The Hall–Kier alpha value is -4.14. The van der Waals surface area contributed by atoms with Crippen LogP contribution in [0.4, 0.5) is 39.4 Å². The summed E-state index contributed by atoms with van der Waals surface area (Å²) < 4.78 is 81.4. The molecule has 1 fully saturated rings. The van der Waals surface area contributed by atoms with Crippen LogP contribution in [0.15, 0.2) is 58.1 Å². The number of rotatable bonds is 9. The third-order valence-corrected chi connectivity index (χ3v) is 7.42. The van der Waals surface area contributed by atoms with Crippen molar-refractivity contribution in [3.63, 3.8) is 0 Å². The molecule has 3 aromatic carbocycles. The number of hydrogen-bond donors (Lipinski definition) is 4. The third kappa shape index (κ3) is 7.49. The normalized spacial score (nSPS) is 17.7. The van der Waals surface area contributed by atoms with E-state index in [1.54, 1.807) is 30.3 Å². The number of sulfonamides is 1. The Balaban J connectivity index is 1.27. The van der Waals surface area contributed by atoms with Crippen LogP contribution in [-0.2, 0) is 15.8 Å². The summed E-state index contributed by atoms with van der Waals surface area (Å²) in [5.41, 5.74) is -1.73. The standard InChI is InChI=1S/C25H24F4N4O6S/c26-18-12-17(10-11-19(18)39-25(27,28)29)32-24(36)31-16-8-6-15(7-9-16)30-20-21(23(35)22(20)34)33-40(37,38)13-14-4-2-1-3-5-14/h1-5,10-12,15-16,30,33H,6-9,13H2,(H2,31,32,36). The van der Waals surface area contributed by atoms with E-state index >= 15 is 0 Å². The average molecular weight is 585 g/mol. The zero-order chi connectivity index (χ0) is 29.1. The minimum absolute atomic E-state index is 0.0813. The first kappa shape index (κ1) is 28.9. The van der Waals surface area contributed by atoms with Crippen LogP contribution < -0.4 is 36.3 Å². The highest BCUT2D eigenvalue weighted by Crippen LogP contribution is 2.28. The van der Waals surface area contributed by atoms with Gasteiger partial charge in [0, 0.05) is 23.8 Å². The predicted octanol–water partition coefficient (Wildman–Crippen LogP) is 3.81. The fourth-order valence-corrected chi connectivity index (χ4v) is 5.55. The van der Waals surface area contributed by atoms with Crippen LogP contribution in [0.5, 0.6) is 5.75 Å². The number of benzene rings is 2. The summed E-state index contributed by atoms with van der Waals surface area (Å²) in [6, 6.07) is 9.56. The number of amides is 2. The summed E-state index contributed by atoms with van der Waals surface area (Å²) in [4.78, 5) is 36.5. The Morgan fingerprint density at radius 3 is 2.17 bits per heavy atom. The molecule has 0 unspecified atom stereocenters. The molecule has 4 rings (SSSR count). The lowest BCUT2D eigenvalue weighted by Gasteiger charge is -2.31. The number of nitrogens with one attached hydrogen (secondary N) is 4. The highest BCUT2D eigenvalue weighted by molar-refractivity contribution is 7.91. The Morgan fingerprint density at radius 1 is 0.925 bits per heavy atom. The Kier molecular flexibility index (Phi) is 8.32. The molecule has 0 aromatic heterocycles. The first-order chi connectivity index (χ1) is 18.8. The number of alkyl halides is 3. The first-order valence-corrected chi connectivity index (χ1v) is 13.7. The van der Waals surface area contributed by atoms with Crippen molar-refractivity contribution in [1.82, 2.24) is 5.32 Å². The van der Waals surface area contributed by atoms with Crippen molar-refractivity contribution in [1.29, 1.82) is 0 Å². The molecule has 15 heteroatoms. The third-order valence-electron chi connectivity index (χ3n) is 6.19. The maximum Gasteiger partial charge on any atom is 0.573 e. The second kappa shape index (κ2) is 11.5. The summed E-state index contributed by atoms with van der Waals surface area (Å²) >= 11 is 0. The Morgan fingerprint density at radius 2 is 1.55 bits per heavy atom. The molecule has 2 amide bonds. The Labute approximate surface area is 225 Å². The number of urea groups is 1.